The van der Waals surface area contributed by atoms with Gasteiger partial charge in [0.2, 0.25) is 5.91 Å². The zero-order valence-corrected chi connectivity index (χ0v) is 13.2. The van der Waals surface area contributed by atoms with Crippen LogP contribution in [0, 0.1) is 10.1 Å². The standard InChI is InChI=1S/C15H19N3O5/c1-15(2,3)23-14(20)17-9-13(19)16-8-12(17)10-4-6-11(7-5-10)18(21)22/h4-7,12H,8-9H2,1-3H3,(H,16,19)/t12-/m1/s1. The molecule has 0 aliphatic carbocycles. The molecule has 124 valence electrons. The number of hydrogen-bond acceptors (Lipinski definition) is 5. The number of nitrogens with zero attached hydrogens (tertiary/aromatic N) is 2. The van der Waals surface area contributed by atoms with Crippen LogP contribution >= 0.6 is 0 Å². The van der Waals surface area contributed by atoms with Crippen molar-refractivity contribution in [2.75, 3.05) is 13.1 Å². The minimum Gasteiger partial charge on any atom is -0.444 e. The van der Waals surface area contributed by atoms with Gasteiger partial charge in [0.15, 0.2) is 0 Å². The van der Waals surface area contributed by atoms with Gasteiger partial charge in [-0.1, -0.05) is 12.1 Å². The highest BCUT2D eigenvalue weighted by molar-refractivity contribution is 5.84. The molecule has 1 aliphatic heterocycles. The maximum atomic E-state index is 12.3. The molecule has 1 N–H and O–H groups in total. The third kappa shape index (κ3) is 4.18. The fraction of sp³-hybridized carbons (Fsp3) is 0.467. The summed E-state index contributed by atoms with van der Waals surface area (Å²) in [6.45, 7) is 5.36. The second-order valence-corrected chi connectivity index (χ2v) is 6.28. The zero-order valence-electron chi connectivity index (χ0n) is 13.2. The number of nitrogens with one attached hydrogen (secondary N) is 1. The van der Waals surface area contributed by atoms with Gasteiger partial charge in [-0.15, -0.1) is 0 Å². The lowest BCUT2D eigenvalue weighted by molar-refractivity contribution is -0.384. The number of piperazine rings is 1. The number of non-ortho nitro benzene ring substituents is 1. The Kier molecular flexibility index (Phi) is 4.53. The fourth-order valence-corrected chi connectivity index (χ4v) is 2.27. The minimum atomic E-state index is -0.676. The van der Waals surface area contributed by atoms with E-state index in [1.807, 2.05) is 0 Å². The lowest BCUT2D eigenvalue weighted by atomic mass is 10.0. The van der Waals surface area contributed by atoms with Gasteiger partial charge in [0.25, 0.3) is 5.69 Å². The molecule has 0 unspecified atom stereocenters. The molecule has 0 spiro atoms. The van der Waals surface area contributed by atoms with Gasteiger partial charge in [0.05, 0.1) is 11.0 Å². The summed E-state index contributed by atoms with van der Waals surface area (Å²) in [6.07, 6.45) is -0.587. The third-order valence-corrected chi connectivity index (χ3v) is 3.30. The Bertz CT molecular complexity index is 621. The summed E-state index contributed by atoms with van der Waals surface area (Å²) in [4.78, 5) is 35.5. The lowest BCUT2D eigenvalue weighted by Gasteiger charge is -2.36. The van der Waals surface area contributed by atoms with Crippen LogP contribution in [0.5, 0.6) is 0 Å². The highest BCUT2D eigenvalue weighted by Gasteiger charge is 2.34. The van der Waals surface area contributed by atoms with Crippen molar-refractivity contribution in [2.45, 2.75) is 32.4 Å². The maximum absolute atomic E-state index is 12.3. The predicted octanol–water partition coefficient (Wildman–Crippen LogP) is 2.00. The average Bonchev–Trinajstić information content (AvgIpc) is 2.45. The minimum absolute atomic E-state index is 0.0302. The van der Waals surface area contributed by atoms with E-state index in [1.165, 1.54) is 17.0 Å². The van der Waals surface area contributed by atoms with Crippen molar-refractivity contribution in [3.63, 3.8) is 0 Å². The summed E-state index contributed by atoms with van der Waals surface area (Å²) in [5.41, 5.74) is -0.00994. The average molecular weight is 321 g/mol. The van der Waals surface area contributed by atoms with Crippen molar-refractivity contribution in [3.05, 3.63) is 39.9 Å². The van der Waals surface area contributed by atoms with Gasteiger partial charge in [-0.3, -0.25) is 19.8 Å². The van der Waals surface area contributed by atoms with Crippen LogP contribution in [-0.2, 0) is 9.53 Å². The maximum Gasteiger partial charge on any atom is 0.411 e. The first-order valence-corrected chi connectivity index (χ1v) is 7.18. The van der Waals surface area contributed by atoms with Crippen molar-refractivity contribution in [2.24, 2.45) is 0 Å². The highest BCUT2D eigenvalue weighted by Crippen LogP contribution is 2.26. The molecular formula is C15H19N3O5. The zero-order chi connectivity index (χ0) is 17.2. The summed E-state index contributed by atoms with van der Waals surface area (Å²) in [5.74, 6) is -0.269. The Balaban J connectivity index is 2.24. The van der Waals surface area contributed by atoms with E-state index >= 15 is 0 Å². The van der Waals surface area contributed by atoms with E-state index in [1.54, 1.807) is 32.9 Å². The number of ether oxygens (including phenoxy) is 1. The van der Waals surface area contributed by atoms with Crippen LogP contribution in [0.1, 0.15) is 32.4 Å². The van der Waals surface area contributed by atoms with Gasteiger partial charge in [-0.25, -0.2) is 4.79 Å². The smallest absolute Gasteiger partial charge is 0.411 e. The van der Waals surface area contributed by atoms with Gasteiger partial charge < -0.3 is 10.1 Å². The molecule has 8 nitrogen and oxygen atoms in total. The van der Waals surface area contributed by atoms with Crippen molar-refractivity contribution < 1.29 is 19.2 Å². The number of benzene rings is 1. The molecule has 1 aromatic rings. The van der Waals surface area contributed by atoms with Crippen molar-refractivity contribution in [1.82, 2.24) is 10.2 Å². The van der Waals surface area contributed by atoms with Crippen LogP contribution < -0.4 is 5.32 Å². The fourth-order valence-electron chi connectivity index (χ4n) is 2.27. The quantitative estimate of drug-likeness (QED) is 0.663. The second-order valence-electron chi connectivity index (χ2n) is 6.28. The first kappa shape index (κ1) is 16.7. The van der Waals surface area contributed by atoms with Crippen molar-refractivity contribution in [3.8, 4) is 0 Å². The summed E-state index contributed by atoms with van der Waals surface area (Å²) in [7, 11) is 0. The number of nitro benzene ring substituents is 1. The van der Waals surface area contributed by atoms with E-state index in [9.17, 15) is 19.7 Å². The highest BCUT2D eigenvalue weighted by atomic mass is 16.6. The molecule has 0 radical (unpaired) electrons. The van der Waals surface area contributed by atoms with Crippen LogP contribution in [-0.4, -0.2) is 40.5 Å². The van der Waals surface area contributed by atoms with Crippen LogP contribution in [0.25, 0.3) is 0 Å². The van der Waals surface area contributed by atoms with Gasteiger partial charge in [-0.05, 0) is 26.3 Å². The largest absolute Gasteiger partial charge is 0.444 e. The van der Waals surface area contributed by atoms with Gasteiger partial charge in [0, 0.05) is 18.7 Å². The molecular weight excluding hydrogens is 302 g/mol. The first-order valence-electron chi connectivity index (χ1n) is 7.18. The van der Waals surface area contributed by atoms with E-state index in [4.69, 9.17) is 4.74 Å². The Hall–Kier alpha value is -2.64. The molecule has 2 amide bonds. The molecule has 1 atom stereocenters. The van der Waals surface area contributed by atoms with Gasteiger partial charge >= 0.3 is 6.09 Å². The summed E-state index contributed by atoms with van der Waals surface area (Å²) >= 11 is 0. The van der Waals surface area contributed by atoms with Crippen molar-refractivity contribution in [1.29, 1.82) is 0 Å². The van der Waals surface area contributed by atoms with Crippen LogP contribution in [0.3, 0.4) is 0 Å². The third-order valence-electron chi connectivity index (χ3n) is 3.30. The lowest BCUT2D eigenvalue weighted by Crippen LogP contribution is -2.52. The van der Waals surface area contributed by atoms with E-state index in [0.29, 0.717) is 5.56 Å². The van der Waals surface area contributed by atoms with E-state index in [0.717, 1.165) is 0 Å². The normalized spacial score (nSPS) is 18.3. The van der Waals surface area contributed by atoms with Crippen LogP contribution in [0.2, 0.25) is 0 Å². The predicted molar refractivity (Wildman–Crippen MR) is 81.8 cm³/mol. The molecule has 0 saturated carbocycles. The molecule has 23 heavy (non-hydrogen) atoms. The van der Waals surface area contributed by atoms with Crippen LogP contribution in [0.4, 0.5) is 10.5 Å². The Morgan fingerprint density at radius 1 is 1.35 bits per heavy atom. The van der Waals surface area contributed by atoms with E-state index < -0.39 is 22.7 Å². The van der Waals surface area contributed by atoms with Crippen molar-refractivity contribution >= 4 is 17.7 Å². The van der Waals surface area contributed by atoms with E-state index in [-0.39, 0.29) is 24.7 Å². The Labute approximate surface area is 133 Å². The number of carbonyl (C=O) groups excluding carboxylic acids is 2. The van der Waals surface area contributed by atoms with Gasteiger partial charge in [-0.2, -0.15) is 0 Å². The number of rotatable bonds is 2. The molecule has 0 aromatic heterocycles. The Morgan fingerprint density at radius 3 is 2.48 bits per heavy atom. The molecule has 8 heteroatoms. The number of nitro groups is 1. The summed E-state index contributed by atoms with van der Waals surface area (Å²) in [6, 6.07) is 5.48. The van der Waals surface area contributed by atoms with Crippen LogP contribution in [0.15, 0.2) is 24.3 Å². The molecule has 2 rings (SSSR count). The number of carbonyl (C=O) groups is 2. The molecule has 1 aliphatic rings. The molecule has 1 saturated heterocycles. The molecule has 0 bridgehead atoms. The monoisotopic (exact) mass is 321 g/mol. The molecule has 1 aromatic carbocycles. The van der Waals surface area contributed by atoms with E-state index in [2.05, 4.69) is 5.32 Å². The SMILES string of the molecule is CC(C)(C)OC(=O)N1CC(=O)NC[C@@H]1c1ccc([N+](=O)[O-])cc1. The second kappa shape index (κ2) is 6.23. The topological polar surface area (TPSA) is 102 Å². The number of amides is 2. The number of hydrogen-bond donors (Lipinski definition) is 1. The van der Waals surface area contributed by atoms with Gasteiger partial charge in [0.1, 0.15) is 12.1 Å². The Morgan fingerprint density at radius 2 is 1.96 bits per heavy atom. The first-order chi connectivity index (χ1) is 10.7. The summed E-state index contributed by atoms with van der Waals surface area (Å²) in [5, 5.41) is 13.4. The molecule has 1 fully saturated rings. The molecule has 1 heterocycles. The summed E-state index contributed by atoms with van der Waals surface area (Å²) < 4.78 is 5.34.